The van der Waals surface area contributed by atoms with Gasteiger partial charge in [0.2, 0.25) is 0 Å². The molecule has 4 heteroatoms. The fourth-order valence-electron chi connectivity index (χ4n) is 2.81. The second-order valence-electron chi connectivity index (χ2n) is 5.54. The smallest absolute Gasteiger partial charge is 0.0640 e. The number of hydrogen-bond acceptors (Lipinski definition) is 3. The first-order valence-corrected chi connectivity index (χ1v) is 8.19. The molecular formula is C16H21N3S. The van der Waals surface area contributed by atoms with Crippen molar-refractivity contribution < 1.29 is 0 Å². The van der Waals surface area contributed by atoms with Crippen LogP contribution in [0.1, 0.15) is 36.3 Å². The first-order chi connectivity index (χ1) is 9.72. The lowest BCUT2D eigenvalue weighted by molar-refractivity contribution is 0.435. The Kier molecular flexibility index (Phi) is 4.13. The van der Waals surface area contributed by atoms with Crippen LogP contribution in [0, 0.1) is 6.92 Å². The van der Waals surface area contributed by atoms with Crippen molar-refractivity contribution in [1.82, 2.24) is 15.5 Å². The molecule has 3 nitrogen and oxygen atoms in total. The van der Waals surface area contributed by atoms with Gasteiger partial charge in [-0.1, -0.05) is 18.2 Å². The molecule has 0 fully saturated rings. The molecule has 2 aromatic rings. The minimum atomic E-state index is 0.429. The summed E-state index contributed by atoms with van der Waals surface area (Å²) in [5.74, 6) is 1.20. The number of H-pyrrole nitrogens is 1. The van der Waals surface area contributed by atoms with E-state index in [4.69, 9.17) is 0 Å². The highest BCUT2D eigenvalue weighted by Gasteiger charge is 2.21. The van der Waals surface area contributed by atoms with Gasteiger partial charge in [-0.25, -0.2) is 0 Å². The third-order valence-corrected chi connectivity index (χ3v) is 4.84. The lowest BCUT2D eigenvalue weighted by atomic mass is 10.0. The van der Waals surface area contributed by atoms with Gasteiger partial charge in [-0.15, -0.1) is 11.8 Å². The predicted molar refractivity (Wildman–Crippen MR) is 84.2 cm³/mol. The van der Waals surface area contributed by atoms with E-state index in [1.165, 1.54) is 22.6 Å². The summed E-state index contributed by atoms with van der Waals surface area (Å²) in [6.45, 7) is 4.29. The summed E-state index contributed by atoms with van der Waals surface area (Å²) in [5, 5.41) is 11.1. The Balaban J connectivity index is 1.66. The van der Waals surface area contributed by atoms with Crippen molar-refractivity contribution >= 4 is 11.8 Å². The van der Waals surface area contributed by atoms with Crippen LogP contribution in [0.5, 0.6) is 0 Å². The highest BCUT2D eigenvalue weighted by molar-refractivity contribution is 7.99. The third kappa shape index (κ3) is 3.07. The largest absolute Gasteiger partial charge is 0.307 e. The maximum atomic E-state index is 4.32. The minimum Gasteiger partial charge on any atom is -0.307 e. The van der Waals surface area contributed by atoms with E-state index in [9.17, 15) is 0 Å². The maximum Gasteiger partial charge on any atom is 0.0640 e. The van der Waals surface area contributed by atoms with Crippen LogP contribution in [0.25, 0.3) is 0 Å². The maximum absolute atomic E-state index is 4.32. The minimum absolute atomic E-state index is 0.429. The average Bonchev–Trinajstić information content (AvgIpc) is 2.84. The number of nitrogens with zero attached hydrogens (tertiary/aromatic N) is 1. The third-order valence-electron chi connectivity index (χ3n) is 3.72. The van der Waals surface area contributed by atoms with E-state index < -0.39 is 0 Å². The second-order valence-corrected chi connectivity index (χ2v) is 6.68. The number of aromatic amines is 1. The summed E-state index contributed by atoms with van der Waals surface area (Å²) in [4.78, 5) is 1.43. The first kappa shape index (κ1) is 13.7. The van der Waals surface area contributed by atoms with E-state index in [1.54, 1.807) is 0 Å². The second kappa shape index (κ2) is 6.02. The van der Waals surface area contributed by atoms with E-state index in [0.29, 0.717) is 12.1 Å². The van der Waals surface area contributed by atoms with E-state index in [2.05, 4.69) is 52.8 Å². The van der Waals surface area contributed by atoms with Gasteiger partial charge in [0.25, 0.3) is 0 Å². The van der Waals surface area contributed by atoms with E-state index in [-0.39, 0.29) is 0 Å². The van der Waals surface area contributed by atoms with Crippen LogP contribution in [0.3, 0.4) is 0 Å². The van der Waals surface area contributed by atoms with Crippen molar-refractivity contribution in [3.8, 4) is 0 Å². The molecule has 2 atom stereocenters. The van der Waals surface area contributed by atoms with Crippen LogP contribution in [0.15, 0.2) is 35.2 Å². The molecule has 2 heterocycles. The Morgan fingerprint density at radius 3 is 3.10 bits per heavy atom. The lowest BCUT2D eigenvalue weighted by Gasteiger charge is -2.28. The van der Waals surface area contributed by atoms with Crippen molar-refractivity contribution in [2.75, 3.05) is 5.75 Å². The zero-order chi connectivity index (χ0) is 13.9. The van der Waals surface area contributed by atoms with Crippen LogP contribution in [-0.2, 0) is 6.42 Å². The molecule has 0 saturated heterocycles. The van der Waals surface area contributed by atoms with Gasteiger partial charge in [-0.05, 0) is 43.7 Å². The van der Waals surface area contributed by atoms with Gasteiger partial charge in [0.05, 0.1) is 5.69 Å². The predicted octanol–water partition coefficient (Wildman–Crippen LogP) is 3.48. The van der Waals surface area contributed by atoms with Gasteiger partial charge < -0.3 is 5.32 Å². The summed E-state index contributed by atoms with van der Waals surface area (Å²) in [6, 6.07) is 11.8. The molecule has 1 aliphatic rings. The lowest BCUT2D eigenvalue weighted by Crippen LogP contribution is -2.34. The van der Waals surface area contributed by atoms with Gasteiger partial charge >= 0.3 is 0 Å². The Hall–Kier alpha value is -1.26. The zero-order valence-corrected chi connectivity index (χ0v) is 12.8. The molecule has 1 aliphatic heterocycles. The van der Waals surface area contributed by atoms with Crippen molar-refractivity contribution in [3.05, 3.63) is 47.3 Å². The summed E-state index contributed by atoms with van der Waals surface area (Å²) < 4.78 is 0. The molecule has 0 unspecified atom stereocenters. The Morgan fingerprint density at radius 1 is 1.45 bits per heavy atom. The van der Waals surface area contributed by atoms with Crippen molar-refractivity contribution in [2.24, 2.45) is 0 Å². The molecular weight excluding hydrogens is 266 g/mol. The number of rotatable bonds is 4. The van der Waals surface area contributed by atoms with Crippen molar-refractivity contribution in [3.63, 3.8) is 0 Å². The molecule has 1 aromatic heterocycles. The summed E-state index contributed by atoms with van der Waals surface area (Å²) in [6.07, 6.45) is 2.17. The quantitative estimate of drug-likeness (QED) is 0.904. The SMILES string of the molecule is Cc1cc(C[C@@H](C)N[C@@H]2CCSc3ccccc32)n[nH]1. The molecule has 2 N–H and O–H groups in total. The van der Waals surface area contributed by atoms with Crippen LogP contribution < -0.4 is 5.32 Å². The molecule has 106 valence electrons. The number of nitrogens with one attached hydrogen (secondary N) is 2. The van der Waals surface area contributed by atoms with E-state index in [0.717, 1.165) is 17.8 Å². The first-order valence-electron chi connectivity index (χ1n) is 7.21. The molecule has 20 heavy (non-hydrogen) atoms. The normalized spacial score (nSPS) is 19.6. The van der Waals surface area contributed by atoms with Gasteiger partial charge in [-0.3, -0.25) is 5.10 Å². The van der Waals surface area contributed by atoms with Gasteiger partial charge in [-0.2, -0.15) is 5.10 Å². The van der Waals surface area contributed by atoms with Crippen LogP contribution >= 0.6 is 11.8 Å². The average molecular weight is 287 g/mol. The number of hydrogen-bond donors (Lipinski definition) is 2. The molecule has 0 spiro atoms. The standard InChI is InChI=1S/C16H21N3S/c1-11(9-13-10-12(2)18-19-13)17-15-7-8-20-16-6-4-3-5-14(15)16/h3-6,10-11,15,17H,7-9H2,1-2H3,(H,18,19)/t11-,15-/m1/s1. The number of fused-ring (bicyclic) bond motifs is 1. The van der Waals surface area contributed by atoms with Gasteiger partial charge in [0.15, 0.2) is 0 Å². The van der Waals surface area contributed by atoms with E-state index >= 15 is 0 Å². The molecule has 0 radical (unpaired) electrons. The van der Waals surface area contributed by atoms with Gasteiger partial charge in [0, 0.05) is 29.1 Å². The molecule has 3 rings (SSSR count). The Labute approximate surface area is 124 Å². The monoisotopic (exact) mass is 287 g/mol. The van der Waals surface area contributed by atoms with Crippen LogP contribution in [0.2, 0.25) is 0 Å². The molecule has 0 bridgehead atoms. The number of aromatic nitrogens is 2. The van der Waals surface area contributed by atoms with Crippen LogP contribution in [-0.4, -0.2) is 22.0 Å². The summed E-state index contributed by atoms with van der Waals surface area (Å²) in [5.41, 5.74) is 3.72. The summed E-state index contributed by atoms with van der Waals surface area (Å²) >= 11 is 1.97. The number of benzene rings is 1. The van der Waals surface area contributed by atoms with Gasteiger partial charge in [0.1, 0.15) is 0 Å². The van der Waals surface area contributed by atoms with E-state index in [1.807, 2.05) is 18.7 Å². The van der Waals surface area contributed by atoms with Crippen molar-refractivity contribution in [1.29, 1.82) is 0 Å². The highest BCUT2D eigenvalue weighted by atomic mass is 32.2. The molecule has 0 saturated carbocycles. The Morgan fingerprint density at radius 2 is 2.30 bits per heavy atom. The number of thioether (sulfide) groups is 1. The fourth-order valence-corrected chi connectivity index (χ4v) is 3.94. The molecule has 0 amide bonds. The molecule has 1 aromatic carbocycles. The molecule has 0 aliphatic carbocycles. The fraction of sp³-hybridized carbons (Fsp3) is 0.438. The van der Waals surface area contributed by atoms with Crippen LogP contribution in [0.4, 0.5) is 0 Å². The highest BCUT2D eigenvalue weighted by Crippen LogP contribution is 2.36. The zero-order valence-electron chi connectivity index (χ0n) is 12.0. The summed E-state index contributed by atoms with van der Waals surface area (Å²) in [7, 11) is 0. The van der Waals surface area contributed by atoms with Crippen molar-refractivity contribution in [2.45, 2.75) is 43.7 Å². The topological polar surface area (TPSA) is 40.7 Å². The Bertz CT molecular complexity index is 579. The number of aryl methyl sites for hydroxylation is 1.